The van der Waals surface area contributed by atoms with Crippen molar-refractivity contribution in [3.05, 3.63) is 64.6 Å². The summed E-state index contributed by atoms with van der Waals surface area (Å²) in [4.78, 5) is 20.1. The van der Waals surface area contributed by atoms with Crippen LogP contribution in [0.4, 0.5) is 5.69 Å². The van der Waals surface area contributed by atoms with Gasteiger partial charge in [-0.1, -0.05) is 43.7 Å². The highest BCUT2D eigenvalue weighted by atomic mass is 32.2. The zero-order chi connectivity index (χ0) is 19.9. The van der Waals surface area contributed by atoms with Gasteiger partial charge < -0.3 is 4.74 Å². The van der Waals surface area contributed by atoms with Gasteiger partial charge in [-0.15, -0.1) is 0 Å². The number of aryl methyl sites for hydroxylation is 1. The average molecular weight is 395 g/mol. The van der Waals surface area contributed by atoms with Gasteiger partial charge in [0.15, 0.2) is 5.17 Å². The van der Waals surface area contributed by atoms with Crippen LogP contribution in [0.5, 0.6) is 5.75 Å². The van der Waals surface area contributed by atoms with Crippen molar-refractivity contribution in [3.8, 4) is 5.75 Å². The van der Waals surface area contributed by atoms with Crippen molar-refractivity contribution in [2.45, 2.75) is 33.6 Å². The van der Waals surface area contributed by atoms with Crippen LogP contribution in [-0.4, -0.2) is 29.1 Å². The summed E-state index contributed by atoms with van der Waals surface area (Å²) in [6, 6.07) is 15.9. The molecule has 1 aliphatic rings. The summed E-state index contributed by atoms with van der Waals surface area (Å²) >= 11 is 1.43. The molecule has 1 saturated heterocycles. The molecule has 0 spiro atoms. The van der Waals surface area contributed by atoms with Crippen LogP contribution in [0.15, 0.2) is 58.4 Å². The molecule has 0 aliphatic carbocycles. The number of carbonyl (C=O) groups excluding carboxylic acids is 1. The summed E-state index contributed by atoms with van der Waals surface area (Å²) in [7, 11) is 0. The van der Waals surface area contributed by atoms with Crippen LogP contribution in [0.3, 0.4) is 0 Å². The normalized spacial score (nSPS) is 17.0. The molecule has 0 saturated carbocycles. The lowest BCUT2D eigenvalue weighted by Crippen LogP contribution is -2.29. The topological polar surface area (TPSA) is 41.9 Å². The molecule has 0 radical (unpaired) electrons. The number of aliphatic imine (C=N–C) groups is 1. The van der Waals surface area contributed by atoms with Gasteiger partial charge in [-0.2, -0.15) is 0 Å². The molecule has 0 bridgehead atoms. The Kier molecular flexibility index (Phi) is 6.93. The van der Waals surface area contributed by atoms with Crippen LogP contribution in [-0.2, 0) is 4.79 Å². The van der Waals surface area contributed by atoms with E-state index in [1.165, 1.54) is 17.3 Å². The summed E-state index contributed by atoms with van der Waals surface area (Å²) in [6.45, 7) is 7.54. The standard InChI is InChI=1S/C23H26N2O2S/c1-4-13-25-22(26)21(16-18-7-6-8-20(15-18)27-14-5-2)28-23(25)24-19-11-9-17(3)10-12-19/h6-12,15-16H,4-5,13-14H2,1-3H3/b21-16+,24-23?. The molecular formula is C23H26N2O2S. The van der Waals surface area contributed by atoms with Crippen molar-refractivity contribution < 1.29 is 9.53 Å². The first kappa shape index (κ1) is 20.2. The Morgan fingerprint density at radius 2 is 1.89 bits per heavy atom. The Labute approximate surface area is 171 Å². The number of nitrogens with zero attached hydrogens (tertiary/aromatic N) is 2. The molecule has 1 fully saturated rings. The van der Waals surface area contributed by atoms with E-state index in [-0.39, 0.29) is 5.91 Å². The van der Waals surface area contributed by atoms with Crippen molar-refractivity contribution >= 4 is 34.6 Å². The maximum absolute atomic E-state index is 12.9. The summed E-state index contributed by atoms with van der Waals surface area (Å²) in [5.41, 5.74) is 3.01. The highest BCUT2D eigenvalue weighted by Crippen LogP contribution is 2.34. The Bertz CT molecular complexity index is 888. The largest absolute Gasteiger partial charge is 0.494 e. The van der Waals surface area contributed by atoms with Crippen molar-refractivity contribution in [2.24, 2.45) is 4.99 Å². The molecule has 4 nitrogen and oxygen atoms in total. The van der Waals surface area contributed by atoms with Crippen molar-refractivity contribution in [1.82, 2.24) is 4.90 Å². The number of rotatable bonds is 7. The smallest absolute Gasteiger partial charge is 0.266 e. The van der Waals surface area contributed by atoms with Gasteiger partial charge in [-0.25, -0.2) is 4.99 Å². The maximum atomic E-state index is 12.9. The van der Waals surface area contributed by atoms with Crippen LogP contribution >= 0.6 is 11.8 Å². The molecule has 3 rings (SSSR count). The number of benzene rings is 2. The first-order chi connectivity index (χ1) is 13.6. The van der Waals surface area contributed by atoms with Gasteiger partial charge in [0.25, 0.3) is 5.91 Å². The molecule has 5 heteroatoms. The molecule has 2 aromatic carbocycles. The molecule has 1 heterocycles. The number of carbonyl (C=O) groups is 1. The number of thioether (sulfide) groups is 1. The molecular weight excluding hydrogens is 368 g/mol. The third-order valence-electron chi connectivity index (χ3n) is 4.22. The zero-order valence-corrected chi connectivity index (χ0v) is 17.5. The SMILES string of the molecule is CCCOc1cccc(/C=C2/SC(=Nc3ccc(C)cc3)N(CCC)C2=O)c1. The minimum Gasteiger partial charge on any atom is -0.494 e. The second kappa shape index (κ2) is 9.60. The second-order valence-corrected chi connectivity index (χ2v) is 7.73. The van der Waals surface area contributed by atoms with Crippen LogP contribution in [0, 0.1) is 6.92 Å². The van der Waals surface area contributed by atoms with E-state index in [0.29, 0.717) is 18.1 Å². The fourth-order valence-electron chi connectivity index (χ4n) is 2.81. The monoisotopic (exact) mass is 394 g/mol. The Morgan fingerprint density at radius 3 is 2.61 bits per heavy atom. The molecule has 0 aromatic heterocycles. The van der Waals surface area contributed by atoms with Gasteiger partial charge in [0.05, 0.1) is 17.2 Å². The average Bonchev–Trinajstić information content (AvgIpc) is 2.97. The summed E-state index contributed by atoms with van der Waals surface area (Å²) in [5.74, 6) is 0.836. The van der Waals surface area contributed by atoms with Crippen LogP contribution in [0.1, 0.15) is 37.8 Å². The number of amides is 1. The number of ether oxygens (including phenoxy) is 1. The highest BCUT2D eigenvalue weighted by Gasteiger charge is 2.32. The lowest BCUT2D eigenvalue weighted by Gasteiger charge is -2.13. The first-order valence-electron chi connectivity index (χ1n) is 9.70. The van der Waals surface area contributed by atoms with E-state index in [9.17, 15) is 4.79 Å². The lowest BCUT2D eigenvalue weighted by atomic mass is 10.2. The van der Waals surface area contributed by atoms with Crippen LogP contribution in [0.25, 0.3) is 6.08 Å². The summed E-state index contributed by atoms with van der Waals surface area (Å²) in [5, 5.41) is 0.736. The minimum absolute atomic E-state index is 0.0117. The quantitative estimate of drug-likeness (QED) is 0.558. The van der Waals surface area contributed by atoms with Gasteiger partial charge in [0.2, 0.25) is 0 Å². The molecule has 0 unspecified atom stereocenters. The highest BCUT2D eigenvalue weighted by molar-refractivity contribution is 8.18. The van der Waals surface area contributed by atoms with E-state index in [1.807, 2.05) is 61.5 Å². The predicted octanol–water partition coefficient (Wildman–Crippen LogP) is 5.80. The maximum Gasteiger partial charge on any atom is 0.266 e. The lowest BCUT2D eigenvalue weighted by molar-refractivity contribution is -0.122. The van der Waals surface area contributed by atoms with Gasteiger partial charge in [-0.05, 0) is 67.4 Å². The molecule has 0 atom stereocenters. The van der Waals surface area contributed by atoms with E-state index >= 15 is 0 Å². The van der Waals surface area contributed by atoms with E-state index in [0.717, 1.165) is 35.0 Å². The summed E-state index contributed by atoms with van der Waals surface area (Å²) in [6.07, 6.45) is 3.77. The second-order valence-electron chi connectivity index (χ2n) is 6.72. The third-order valence-corrected chi connectivity index (χ3v) is 5.23. The molecule has 1 amide bonds. The van der Waals surface area contributed by atoms with E-state index in [2.05, 4.69) is 13.8 Å². The van der Waals surface area contributed by atoms with Crippen molar-refractivity contribution in [3.63, 3.8) is 0 Å². The molecule has 2 aromatic rings. The fraction of sp³-hybridized carbons (Fsp3) is 0.304. The van der Waals surface area contributed by atoms with Crippen molar-refractivity contribution in [1.29, 1.82) is 0 Å². The van der Waals surface area contributed by atoms with Gasteiger partial charge in [0.1, 0.15) is 5.75 Å². The molecule has 146 valence electrons. The number of hydrogen-bond donors (Lipinski definition) is 0. The van der Waals surface area contributed by atoms with Gasteiger partial charge in [-0.3, -0.25) is 9.69 Å². The van der Waals surface area contributed by atoms with E-state index in [1.54, 1.807) is 4.90 Å². The molecule has 1 aliphatic heterocycles. The van der Waals surface area contributed by atoms with Gasteiger partial charge >= 0.3 is 0 Å². The van der Waals surface area contributed by atoms with Crippen LogP contribution in [0.2, 0.25) is 0 Å². The van der Waals surface area contributed by atoms with E-state index < -0.39 is 0 Å². The minimum atomic E-state index is 0.0117. The van der Waals surface area contributed by atoms with E-state index in [4.69, 9.17) is 9.73 Å². The Hall–Kier alpha value is -2.53. The first-order valence-corrected chi connectivity index (χ1v) is 10.5. The third kappa shape index (κ3) is 5.04. The molecule has 28 heavy (non-hydrogen) atoms. The van der Waals surface area contributed by atoms with Crippen molar-refractivity contribution in [2.75, 3.05) is 13.2 Å². The Balaban J connectivity index is 1.87. The summed E-state index contributed by atoms with van der Waals surface area (Å²) < 4.78 is 5.70. The van der Waals surface area contributed by atoms with Crippen LogP contribution < -0.4 is 4.74 Å². The van der Waals surface area contributed by atoms with Gasteiger partial charge in [0, 0.05) is 6.54 Å². The fourth-order valence-corrected chi connectivity index (χ4v) is 3.83. The number of hydrogen-bond acceptors (Lipinski definition) is 4. The Morgan fingerprint density at radius 1 is 1.11 bits per heavy atom. The predicted molar refractivity (Wildman–Crippen MR) is 118 cm³/mol. The number of amidine groups is 1. The molecule has 0 N–H and O–H groups in total. The zero-order valence-electron chi connectivity index (χ0n) is 16.6.